The van der Waals surface area contributed by atoms with Crippen LogP contribution in [-0.4, -0.2) is 53.6 Å². The van der Waals surface area contributed by atoms with E-state index in [0.29, 0.717) is 11.5 Å². The second-order valence-corrected chi connectivity index (χ2v) is 4.14. The standard InChI is InChI=1S/C11H15N3O4/c1-18-11(17)7-3-2-6(12)10(13-7)14-4-8(15)9(16)5-14/h2-3,8-9,15-16H,4-5,12H2,1H3. The fourth-order valence-electron chi connectivity index (χ4n) is 1.87. The van der Waals surface area contributed by atoms with Crippen LogP contribution in [0.15, 0.2) is 12.1 Å². The van der Waals surface area contributed by atoms with Gasteiger partial charge in [-0.15, -0.1) is 0 Å². The molecule has 0 aromatic carbocycles. The second-order valence-electron chi connectivity index (χ2n) is 4.14. The lowest BCUT2D eigenvalue weighted by Crippen LogP contribution is -2.24. The summed E-state index contributed by atoms with van der Waals surface area (Å²) in [5, 5.41) is 19.0. The van der Waals surface area contributed by atoms with Crippen molar-refractivity contribution in [1.29, 1.82) is 0 Å². The first-order valence-corrected chi connectivity index (χ1v) is 5.49. The van der Waals surface area contributed by atoms with Crippen molar-refractivity contribution in [3.8, 4) is 0 Å². The monoisotopic (exact) mass is 253 g/mol. The zero-order valence-corrected chi connectivity index (χ0v) is 9.91. The number of anilines is 2. The van der Waals surface area contributed by atoms with Crippen molar-refractivity contribution in [1.82, 2.24) is 4.98 Å². The predicted octanol–water partition coefficient (Wildman–Crippen LogP) is -1.01. The van der Waals surface area contributed by atoms with Gasteiger partial charge in [0.15, 0.2) is 11.5 Å². The molecular formula is C11H15N3O4. The third-order valence-electron chi connectivity index (χ3n) is 2.86. The Bertz CT molecular complexity index is 456. The second kappa shape index (κ2) is 4.79. The van der Waals surface area contributed by atoms with Gasteiger partial charge in [0, 0.05) is 13.1 Å². The molecule has 1 aromatic rings. The molecule has 2 heterocycles. The van der Waals surface area contributed by atoms with Crippen LogP contribution < -0.4 is 10.6 Å². The molecule has 2 rings (SSSR count). The first kappa shape index (κ1) is 12.6. The number of pyridine rings is 1. The third-order valence-corrected chi connectivity index (χ3v) is 2.86. The van der Waals surface area contributed by atoms with Crippen LogP contribution in [0.25, 0.3) is 0 Å². The summed E-state index contributed by atoms with van der Waals surface area (Å²) in [6.45, 7) is 0.450. The molecule has 1 aliphatic heterocycles. The highest BCUT2D eigenvalue weighted by molar-refractivity contribution is 5.88. The van der Waals surface area contributed by atoms with Gasteiger partial charge in [0.05, 0.1) is 25.0 Å². The number of rotatable bonds is 2. The van der Waals surface area contributed by atoms with E-state index in [4.69, 9.17) is 5.73 Å². The number of aromatic nitrogens is 1. The number of hydrogen-bond donors (Lipinski definition) is 3. The fourth-order valence-corrected chi connectivity index (χ4v) is 1.87. The molecule has 1 fully saturated rings. The molecule has 0 saturated carbocycles. The van der Waals surface area contributed by atoms with Gasteiger partial charge in [0.1, 0.15) is 0 Å². The molecule has 18 heavy (non-hydrogen) atoms. The predicted molar refractivity (Wildman–Crippen MR) is 64.2 cm³/mol. The molecule has 1 aliphatic rings. The minimum atomic E-state index is -0.840. The van der Waals surface area contributed by atoms with Crippen molar-refractivity contribution < 1.29 is 19.7 Å². The molecule has 0 radical (unpaired) electrons. The van der Waals surface area contributed by atoms with Gasteiger partial charge in [-0.05, 0) is 12.1 Å². The zero-order valence-electron chi connectivity index (χ0n) is 9.91. The summed E-state index contributed by atoms with van der Waals surface area (Å²) >= 11 is 0. The van der Waals surface area contributed by atoms with E-state index in [-0.39, 0.29) is 18.8 Å². The highest BCUT2D eigenvalue weighted by Gasteiger charge is 2.31. The number of esters is 1. The van der Waals surface area contributed by atoms with Crippen molar-refractivity contribution in [2.75, 3.05) is 30.8 Å². The number of carbonyl (C=O) groups is 1. The van der Waals surface area contributed by atoms with Crippen LogP contribution in [0.2, 0.25) is 0 Å². The molecule has 0 amide bonds. The first-order valence-electron chi connectivity index (χ1n) is 5.49. The van der Waals surface area contributed by atoms with E-state index in [9.17, 15) is 15.0 Å². The molecule has 1 saturated heterocycles. The summed E-state index contributed by atoms with van der Waals surface area (Å²) in [6.07, 6.45) is -1.68. The Labute approximate surface area is 104 Å². The lowest BCUT2D eigenvalue weighted by Gasteiger charge is -2.18. The molecular weight excluding hydrogens is 238 g/mol. The van der Waals surface area contributed by atoms with Gasteiger partial charge in [-0.3, -0.25) is 0 Å². The van der Waals surface area contributed by atoms with Crippen LogP contribution in [0, 0.1) is 0 Å². The van der Waals surface area contributed by atoms with Gasteiger partial charge in [-0.1, -0.05) is 0 Å². The van der Waals surface area contributed by atoms with Gasteiger partial charge >= 0.3 is 5.97 Å². The molecule has 2 unspecified atom stereocenters. The Kier molecular flexibility index (Phi) is 3.35. The van der Waals surface area contributed by atoms with Crippen molar-refractivity contribution in [2.24, 2.45) is 0 Å². The van der Waals surface area contributed by atoms with Crippen molar-refractivity contribution in [3.05, 3.63) is 17.8 Å². The fraction of sp³-hybridized carbons (Fsp3) is 0.455. The smallest absolute Gasteiger partial charge is 0.356 e. The molecule has 0 spiro atoms. The van der Waals surface area contributed by atoms with E-state index < -0.39 is 18.2 Å². The topological polar surface area (TPSA) is 109 Å². The Balaban J connectivity index is 2.30. The van der Waals surface area contributed by atoms with Crippen molar-refractivity contribution >= 4 is 17.5 Å². The first-order chi connectivity index (χ1) is 8.52. The van der Waals surface area contributed by atoms with E-state index in [0.717, 1.165) is 0 Å². The summed E-state index contributed by atoms with van der Waals surface area (Å²) in [7, 11) is 1.27. The lowest BCUT2D eigenvalue weighted by atomic mass is 10.3. The summed E-state index contributed by atoms with van der Waals surface area (Å²) in [4.78, 5) is 17.1. The molecule has 4 N–H and O–H groups in total. The Morgan fingerprint density at radius 2 is 2.06 bits per heavy atom. The minimum Gasteiger partial charge on any atom is -0.464 e. The number of methoxy groups -OCH3 is 1. The van der Waals surface area contributed by atoms with E-state index in [1.54, 1.807) is 11.0 Å². The van der Waals surface area contributed by atoms with Crippen LogP contribution in [0.4, 0.5) is 11.5 Å². The number of nitrogen functional groups attached to an aromatic ring is 1. The SMILES string of the molecule is COC(=O)c1ccc(N)c(N2CC(O)C(O)C2)n1. The Morgan fingerprint density at radius 1 is 1.44 bits per heavy atom. The summed E-state index contributed by atoms with van der Waals surface area (Å²) in [5.41, 5.74) is 6.30. The summed E-state index contributed by atoms with van der Waals surface area (Å²) < 4.78 is 4.58. The van der Waals surface area contributed by atoms with Gasteiger partial charge in [0.2, 0.25) is 0 Å². The molecule has 1 aromatic heterocycles. The average Bonchev–Trinajstić information content (AvgIpc) is 2.69. The van der Waals surface area contributed by atoms with Crippen LogP contribution in [-0.2, 0) is 4.74 Å². The van der Waals surface area contributed by atoms with Crippen molar-refractivity contribution in [2.45, 2.75) is 12.2 Å². The van der Waals surface area contributed by atoms with Gasteiger partial charge in [-0.25, -0.2) is 9.78 Å². The third kappa shape index (κ3) is 2.22. The van der Waals surface area contributed by atoms with E-state index in [1.165, 1.54) is 13.2 Å². The van der Waals surface area contributed by atoms with E-state index in [2.05, 4.69) is 9.72 Å². The number of hydrogen-bond acceptors (Lipinski definition) is 7. The number of nitrogens with two attached hydrogens (primary N) is 1. The quantitative estimate of drug-likeness (QED) is 0.579. The zero-order chi connectivity index (χ0) is 13.3. The molecule has 98 valence electrons. The number of nitrogens with zero attached hydrogens (tertiary/aromatic N) is 2. The molecule has 0 aliphatic carbocycles. The number of β-amino-alcohol motifs (C(OH)–C–C–N with tert-alkyl or cyclic N) is 2. The molecule has 7 heteroatoms. The highest BCUT2D eigenvalue weighted by Crippen LogP contribution is 2.25. The normalized spacial score (nSPS) is 23.2. The average molecular weight is 253 g/mol. The van der Waals surface area contributed by atoms with Gasteiger partial charge in [0.25, 0.3) is 0 Å². The van der Waals surface area contributed by atoms with E-state index >= 15 is 0 Å². The van der Waals surface area contributed by atoms with E-state index in [1.807, 2.05) is 0 Å². The molecule has 2 atom stereocenters. The molecule has 0 bridgehead atoms. The number of carbonyl (C=O) groups excluding carboxylic acids is 1. The highest BCUT2D eigenvalue weighted by atomic mass is 16.5. The molecule has 7 nitrogen and oxygen atoms in total. The van der Waals surface area contributed by atoms with Crippen LogP contribution in [0.3, 0.4) is 0 Å². The van der Waals surface area contributed by atoms with Crippen molar-refractivity contribution in [3.63, 3.8) is 0 Å². The maximum absolute atomic E-state index is 11.4. The van der Waals surface area contributed by atoms with Crippen LogP contribution in [0.1, 0.15) is 10.5 Å². The minimum absolute atomic E-state index is 0.137. The number of aliphatic hydroxyl groups is 2. The number of aliphatic hydroxyl groups excluding tert-OH is 2. The summed E-state index contributed by atoms with van der Waals surface area (Å²) in [6, 6.07) is 3.01. The maximum Gasteiger partial charge on any atom is 0.356 e. The van der Waals surface area contributed by atoms with Gasteiger partial charge in [-0.2, -0.15) is 0 Å². The summed E-state index contributed by atoms with van der Waals surface area (Å²) in [5.74, 6) is -0.190. The maximum atomic E-state index is 11.4. The Morgan fingerprint density at radius 3 is 2.61 bits per heavy atom. The largest absolute Gasteiger partial charge is 0.464 e. The van der Waals surface area contributed by atoms with Crippen LogP contribution >= 0.6 is 0 Å². The Hall–Kier alpha value is -1.86. The number of ether oxygens (including phenoxy) is 1. The lowest BCUT2D eigenvalue weighted by molar-refractivity contribution is 0.0572. The van der Waals surface area contributed by atoms with Gasteiger partial charge < -0.3 is 25.6 Å². The van der Waals surface area contributed by atoms with Crippen LogP contribution in [0.5, 0.6) is 0 Å².